The SMILES string of the molecule is CCc1ccc(C(=O)OC(C(=O)OC(=O)C2CCCCC2)c2ccccc2)cc1. The highest BCUT2D eigenvalue weighted by atomic mass is 16.6. The number of hydrogen-bond acceptors (Lipinski definition) is 5. The molecule has 29 heavy (non-hydrogen) atoms. The predicted molar refractivity (Wildman–Crippen MR) is 108 cm³/mol. The summed E-state index contributed by atoms with van der Waals surface area (Å²) in [6, 6.07) is 15.6. The highest BCUT2D eigenvalue weighted by Gasteiger charge is 2.32. The third-order valence-corrected chi connectivity index (χ3v) is 5.28. The summed E-state index contributed by atoms with van der Waals surface area (Å²) in [6.45, 7) is 2.03. The first-order valence-electron chi connectivity index (χ1n) is 10.2. The van der Waals surface area contributed by atoms with Crippen LogP contribution in [-0.4, -0.2) is 17.9 Å². The molecule has 2 aromatic rings. The van der Waals surface area contributed by atoms with Gasteiger partial charge in [0.05, 0.1) is 11.5 Å². The van der Waals surface area contributed by atoms with Crippen molar-refractivity contribution in [2.24, 2.45) is 5.92 Å². The Morgan fingerprint density at radius 3 is 2.21 bits per heavy atom. The number of aryl methyl sites for hydroxylation is 1. The minimum absolute atomic E-state index is 0.263. The topological polar surface area (TPSA) is 69.7 Å². The quantitative estimate of drug-likeness (QED) is 0.520. The molecular formula is C24H26O5. The Balaban J connectivity index is 1.74. The molecule has 1 aliphatic rings. The zero-order valence-corrected chi connectivity index (χ0v) is 16.6. The minimum Gasteiger partial charge on any atom is -0.442 e. The van der Waals surface area contributed by atoms with Gasteiger partial charge < -0.3 is 9.47 Å². The largest absolute Gasteiger partial charge is 0.442 e. The van der Waals surface area contributed by atoms with Crippen molar-refractivity contribution in [1.29, 1.82) is 0 Å². The van der Waals surface area contributed by atoms with Crippen molar-refractivity contribution in [3.05, 3.63) is 71.3 Å². The third-order valence-electron chi connectivity index (χ3n) is 5.28. The number of ether oxygens (including phenoxy) is 2. The van der Waals surface area contributed by atoms with Gasteiger partial charge in [0.15, 0.2) is 0 Å². The summed E-state index contributed by atoms with van der Waals surface area (Å²) in [4.78, 5) is 37.7. The van der Waals surface area contributed by atoms with Gasteiger partial charge in [-0.25, -0.2) is 9.59 Å². The van der Waals surface area contributed by atoms with Gasteiger partial charge in [-0.1, -0.05) is 68.7 Å². The maximum Gasteiger partial charge on any atom is 0.359 e. The average molecular weight is 394 g/mol. The summed E-state index contributed by atoms with van der Waals surface area (Å²) >= 11 is 0. The Bertz CT molecular complexity index is 835. The second-order valence-electron chi connectivity index (χ2n) is 7.32. The molecule has 0 aliphatic heterocycles. The van der Waals surface area contributed by atoms with Crippen molar-refractivity contribution < 1.29 is 23.9 Å². The van der Waals surface area contributed by atoms with Crippen LogP contribution in [-0.2, 0) is 25.5 Å². The third kappa shape index (κ3) is 5.53. The molecule has 0 bridgehead atoms. The van der Waals surface area contributed by atoms with E-state index in [1.807, 2.05) is 19.1 Å². The maximum atomic E-state index is 12.7. The van der Waals surface area contributed by atoms with E-state index in [1.165, 1.54) is 0 Å². The van der Waals surface area contributed by atoms with Gasteiger partial charge in [-0.3, -0.25) is 4.79 Å². The van der Waals surface area contributed by atoms with Gasteiger partial charge >= 0.3 is 17.9 Å². The molecule has 5 nitrogen and oxygen atoms in total. The Labute approximate surface area is 171 Å². The van der Waals surface area contributed by atoms with Crippen LogP contribution in [0.2, 0.25) is 0 Å². The predicted octanol–water partition coefficient (Wildman–Crippen LogP) is 4.80. The number of carbonyl (C=O) groups is 3. The van der Waals surface area contributed by atoms with E-state index in [0.717, 1.165) is 44.1 Å². The Kier molecular flexibility index (Phi) is 7.17. The lowest BCUT2D eigenvalue weighted by Gasteiger charge is -2.21. The smallest absolute Gasteiger partial charge is 0.359 e. The minimum atomic E-state index is -1.29. The van der Waals surface area contributed by atoms with Crippen molar-refractivity contribution in [3.8, 4) is 0 Å². The van der Waals surface area contributed by atoms with Crippen LogP contribution in [0, 0.1) is 5.92 Å². The molecule has 0 spiro atoms. The van der Waals surface area contributed by atoms with Crippen LogP contribution in [0.5, 0.6) is 0 Å². The molecule has 0 heterocycles. The molecule has 0 saturated heterocycles. The van der Waals surface area contributed by atoms with E-state index in [4.69, 9.17) is 9.47 Å². The molecule has 2 aromatic carbocycles. The zero-order valence-electron chi connectivity index (χ0n) is 16.6. The van der Waals surface area contributed by atoms with Crippen LogP contribution in [0.15, 0.2) is 54.6 Å². The van der Waals surface area contributed by atoms with E-state index in [2.05, 4.69) is 0 Å². The summed E-state index contributed by atoms with van der Waals surface area (Å²) in [7, 11) is 0. The molecule has 0 amide bonds. The van der Waals surface area contributed by atoms with Crippen LogP contribution in [0.1, 0.15) is 66.6 Å². The lowest BCUT2D eigenvalue weighted by Crippen LogP contribution is -2.28. The molecule has 1 unspecified atom stereocenters. The van der Waals surface area contributed by atoms with E-state index in [1.54, 1.807) is 42.5 Å². The molecule has 152 valence electrons. The Morgan fingerprint density at radius 2 is 1.59 bits per heavy atom. The number of benzene rings is 2. The molecule has 1 saturated carbocycles. The maximum absolute atomic E-state index is 12.7. The highest BCUT2D eigenvalue weighted by Crippen LogP contribution is 2.27. The molecule has 0 N–H and O–H groups in total. The first-order chi connectivity index (χ1) is 14.1. The van der Waals surface area contributed by atoms with Crippen LogP contribution >= 0.6 is 0 Å². The Hall–Kier alpha value is -2.95. The normalized spacial score (nSPS) is 15.3. The van der Waals surface area contributed by atoms with Gasteiger partial charge in [-0.05, 0) is 37.0 Å². The fourth-order valence-electron chi connectivity index (χ4n) is 3.51. The fraction of sp³-hybridized carbons (Fsp3) is 0.375. The van der Waals surface area contributed by atoms with E-state index >= 15 is 0 Å². The van der Waals surface area contributed by atoms with Crippen LogP contribution in [0.25, 0.3) is 0 Å². The van der Waals surface area contributed by atoms with Crippen molar-refractivity contribution in [2.45, 2.75) is 51.6 Å². The van der Waals surface area contributed by atoms with Gasteiger partial charge in [-0.15, -0.1) is 0 Å². The summed E-state index contributed by atoms with van der Waals surface area (Å²) in [5.41, 5.74) is 1.90. The molecule has 1 aliphatic carbocycles. The van der Waals surface area contributed by atoms with E-state index in [-0.39, 0.29) is 5.92 Å². The summed E-state index contributed by atoms with van der Waals surface area (Å²) in [6.07, 6.45) is 4.04. The first kappa shape index (κ1) is 20.8. The lowest BCUT2D eigenvalue weighted by atomic mass is 9.89. The molecule has 3 rings (SSSR count). The van der Waals surface area contributed by atoms with Gasteiger partial charge in [0.25, 0.3) is 0 Å². The van der Waals surface area contributed by atoms with Crippen molar-refractivity contribution in [2.75, 3.05) is 0 Å². The van der Waals surface area contributed by atoms with E-state index < -0.39 is 24.0 Å². The second kappa shape index (κ2) is 10.0. The van der Waals surface area contributed by atoms with Crippen LogP contribution in [0.3, 0.4) is 0 Å². The molecule has 5 heteroatoms. The van der Waals surface area contributed by atoms with E-state index in [0.29, 0.717) is 11.1 Å². The lowest BCUT2D eigenvalue weighted by molar-refractivity contribution is -0.169. The molecule has 1 atom stereocenters. The van der Waals surface area contributed by atoms with Gasteiger partial charge in [0.1, 0.15) is 0 Å². The summed E-state index contributed by atoms with van der Waals surface area (Å²) < 4.78 is 10.6. The number of hydrogen-bond donors (Lipinski definition) is 0. The number of rotatable bonds is 6. The molecule has 1 fully saturated rings. The zero-order chi connectivity index (χ0) is 20.6. The first-order valence-corrected chi connectivity index (χ1v) is 10.2. The second-order valence-corrected chi connectivity index (χ2v) is 7.32. The molecule has 0 aromatic heterocycles. The van der Waals surface area contributed by atoms with Crippen LogP contribution < -0.4 is 0 Å². The van der Waals surface area contributed by atoms with Gasteiger partial charge in [0.2, 0.25) is 6.10 Å². The number of carbonyl (C=O) groups excluding carboxylic acids is 3. The van der Waals surface area contributed by atoms with Crippen LogP contribution in [0.4, 0.5) is 0 Å². The molecule has 0 radical (unpaired) electrons. The van der Waals surface area contributed by atoms with Gasteiger partial charge in [-0.2, -0.15) is 0 Å². The fourth-order valence-corrected chi connectivity index (χ4v) is 3.51. The average Bonchev–Trinajstić information content (AvgIpc) is 2.78. The number of esters is 3. The van der Waals surface area contributed by atoms with Gasteiger partial charge in [0, 0.05) is 5.56 Å². The van der Waals surface area contributed by atoms with E-state index in [9.17, 15) is 14.4 Å². The summed E-state index contributed by atoms with van der Waals surface area (Å²) in [5.74, 6) is -2.28. The summed E-state index contributed by atoms with van der Waals surface area (Å²) in [5, 5.41) is 0. The Morgan fingerprint density at radius 1 is 0.931 bits per heavy atom. The molecular weight excluding hydrogens is 368 g/mol. The van der Waals surface area contributed by atoms with Crippen molar-refractivity contribution >= 4 is 17.9 Å². The highest BCUT2D eigenvalue weighted by molar-refractivity contribution is 5.94. The monoisotopic (exact) mass is 394 g/mol. The standard InChI is InChI=1S/C24H26O5/c1-2-17-13-15-20(16-14-17)22(25)28-21(18-9-5-3-6-10-18)24(27)29-23(26)19-11-7-4-8-12-19/h3,5-6,9-10,13-16,19,21H,2,4,7-8,11-12H2,1H3. The van der Waals surface area contributed by atoms with Crippen molar-refractivity contribution in [1.82, 2.24) is 0 Å². The van der Waals surface area contributed by atoms with Crippen molar-refractivity contribution in [3.63, 3.8) is 0 Å².